The zero-order chi connectivity index (χ0) is 39.2. The third kappa shape index (κ3) is 10.7. The fourth-order valence-electron chi connectivity index (χ4n) is 5.68. The topological polar surface area (TPSA) is 196 Å². The monoisotopic (exact) mass is 768 g/mol. The molecule has 6 heterocycles. The lowest BCUT2D eigenvalue weighted by Crippen LogP contribution is -2.37. The third-order valence-electron chi connectivity index (χ3n) is 8.23. The van der Waals surface area contributed by atoms with Crippen LogP contribution in [0.1, 0.15) is 22.3 Å². The predicted octanol–water partition coefficient (Wildman–Crippen LogP) is 3.14. The van der Waals surface area contributed by atoms with Crippen LogP contribution in [-0.2, 0) is 35.8 Å². The van der Waals surface area contributed by atoms with Crippen LogP contribution >= 0.6 is 0 Å². The van der Waals surface area contributed by atoms with Gasteiger partial charge < -0.3 is 47.4 Å². The van der Waals surface area contributed by atoms with Crippen LogP contribution in [-0.4, -0.2) is 29.8 Å². The summed E-state index contributed by atoms with van der Waals surface area (Å²) >= 11 is 0. The van der Waals surface area contributed by atoms with Crippen molar-refractivity contribution < 1.29 is 60.8 Å². The van der Waals surface area contributed by atoms with Crippen molar-refractivity contribution in [1.29, 1.82) is 0 Å². The van der Waals surface area contributed by atoms with Gasteiger partial charge in [-0.1, -0.05) is 42.5 Å². The Labute approximate surface area is 309 Å². The van der Waals surface area contributed by atoms with Gasteiger partial charge >= 0.3 is 12.4 Å². The number of nitrogens with one attached hydrogen (secondary N) is 2. The van der Waals surface area contributed by atoms with Gasteiger partial charge in [-0.3, -0.25) is 0 Å². The van der Waals surface area contributed by atoms with Crippen LogP contribution < -0.4 is 41.4 Å². The van der Waals surface area contributed by atoms with Crippen molar-refractivity contribution in [1.82, 2.24) is 0 Å². The lowest BCUT2D eigenvalue weighted by Gasteiger charge is -2.12. The number of nitrogens with two attached hydrogens (primary N) is 2. The van der Waals surface area contributed by atoms with Crippen molar-refractivity contribution in [2.75, 3.05) is 22.1 Å². The molecule has 0 spiro atoms. The highest BCUT2D eigenvalue weighted by Gasteiger charge is 2.29. The van der Waals surface area contributed by atoms with E-state index in [1.807, 2.05) is 12.1 Å². The zero-order valence-electron chi connectivity index (χ0n) is 28.7. The summed E-state index contributed by atoms with van der Waals surface area (Å²) in [6.45, 7) is 2.99. The summed E-state index contributed by atoms with van der Waals surface area (Å²) in [4.78, 5) is 17.6. The number of hydrogen-bond donors (Lipinski definition) is 4. The fraction of sp³-hybridized carbons (Fsp3) is 0.158. The molecule has 0 atom stereocenters. The number of anilines is 4. The van der Waals surface area contributed by atoms with Gasteiger partial charge in [-0.2, -0.15) is 35.5 Å². The number of aromatic nitrogens is 2. The SMILES string of the molecule is Nc1ccc2c(c1)c1cc[n+]2Cc2cccc(c2)C[n+]2ccc(c3cc(N)ccc32)NCc2ccc(cc2)CN1.O.O=C([O-])C(F)(F)F.O=C([O-])C(F)(F)F. The maximum atomic E-state index is 10.5. The lowest BCUT2D eigenvalue weighted by atomic mass is 10.1. The van der Waals surface area contributed by atoms with Crippen LogP contribution in [0.2, 0.25) is 0 Å². The summed E-state index contributed by atoms with van der Waals surface area (Å²) < 4.78 is 67.7. The smallest absolute Gasteiger partial charge is 0.430 e. The van der Waals surface area contributed by atoms with Crippen molar-refractivity contribution in [3.05, 3.63) is 132 Å². The Bertz CT molecular complexity index is 2160. The molecule has 0 unspecified atom stereocenters. The van der Waals surface area contributed by atoms with Crippen LogP contribution in [0.25, 0.3) is 21.8 Å². The number of hydrogen-bond acceptors (Lipinski definition) is 8. The third-order valence-corrected chi connectivity index (χ3v) is 8.23. The van der Waals surface area contributed by atoms with Gasteiger partial charge in [0.1, 0.15) is 11.9 Å². The molecule has 0 fully saturated rings. The predicted molar refractivity (Wildman–Crippen MR) is 189 cm³/mol. The van der Waals surface area contributed by atoms with E-state index in [2.05, 4.69) is 117 Å². The normalized spacial score (nSPS) is 12.5. The highest BCUT2D eigenvalue weighted by molar-refractivity contribution is 5.92. The molecule has 4 aromatic carbocycles. The average molecular weight is 769 g/mol. The molecule has 17 heteroatoms. The van der Waals surface area contributed by atoms with E-state index in [1.54, 1.807) is 0 Å². The first-order chi connectivity index (χ1) is 25.5. The zero-order valence-corrected chi connectivity index (χ0v) is 28.7. The number of nitrogen functional groups attached to an aromatic ring is 2. The molecule has 0 amide bonds. The summed E-state index contributed by atoms with van der Waals surface area (Å²) in [5.41, 5.74) is 23.4. The maximum absolute atomic E-state index is 10.5. The number of pyridine rings is 2. The summed E-state index contributed by atoms with van der Waals surface area (Å²) in [5.74, 6) is -6.01. The highest BCUT2D eigenvalue weighted by atomic mass is 19.4. The first-order valence-electron chi connectivity index (χ1n) is 16.1. The van der Waals surface area contributed by atoms with E-state index in [-0.39, 0.29) is 5.48 Å². The number of aliphatic carboxylic acids is 2. The molecular formula is C38H34F6N6O5. The molecule has 0 saturated heterocycles. The number of nitrogens with zero attached hydrogens (tertiary/aromatic N) is 2. The molecule has 288 valence electrons. The number of rotatable bonds is 0. The van der Waals surface area contributed by atoms with Crippen LogP contribution in [0.4, 0.5) is 49.1 Å². The Balaban J connectivity index is 0.000000385. The lowest BCUT2D eigenvalue weighted by molar-refractivity contribution is -0.663. The van der Waals surface area contributed by atoms with Gasteiger partial charge in [0.2, 0.25) is 11.0 Å². The number of carbonyl (C=O) groups excluding carboxylic acids is 2. The summed E-state index contributed by atoms with van der Waals surface area (Å²) in [7, 11) is 0. The van der Waals surface area contributed by atoms with Crippen molar-refractivity contribution in [3.63, 3.8) is 0 Å². The second kappa shape index (κ2) is 17.0. The molecule has 8 N–H and O–H groups in total. The molecule has 0 aliphatic carbocycles. The average Bonchev–Trinajstić information content (AvgIpc) is 3.11. The molecule has 11 nitrogen and oxygen atoms in total. The minimum atomic E-state index is -5.19. The van der Waals surface area contributed by atoms with Crippen LogP contribution in [0.3, 0.4) is 0 Å². The molecule has 0 saturated carbocycles. The van der Waals surface area contributed by atoms with Crippen molar-refractivity contribution in [2.24, 2.45) is 0 Å². The van der Waals surface area contributed by atoms with E-state index >= 15 is 0 Å². The van der Waals surface area contributed by atoms with Crippen LogP contribution in [0.15, 0.2) is 109 Å². The molecular weight excluding hydrogens is 734 g/mol. The molecule has 0 radical (unpaired) electrons. The van der Waals surface area contributed by atoms with E-state index in [4.69, 9.17) is 31.3 Å². The quantitative estimate of drug-likeness (QED) is 0.103. The molecule has 4 aliphatic rings. The van der Waals surface area contributed by atoms with Gasteiger partial charge in [0.25, 0.3) is 0 Å². The van der Waals surface area contributed by atoms with Gasteiger partial charge in [-0.15, -0.1) is 0 Å². The second-order valence-corrected chi connectivity index (χ2v) is 12.2. The van der Waals surface area contributed by atoms with E-state index in [0.29, 0.717) is 0 Å². The molecule has 10 rings (SSSR count). The van der Waals surface area contributed by atoms with Crippen molar-refractivity contribution in [3.8, 4) is 0 Å². The summed E-state index contributed by atoms with van der Waals surface area (Å²) in [5, 5.41) is 27.1. The van der Waals surface area contributed by atoms with Gasteiger partial charge in [0.05, 0.1) is 22.1 Å². The number of carboxylic acids is 2. The fourth-order valence-corrected chi connectivity index (χ4v) is 5.68. The standard InChI is InChI=1S/C34H30N6.2C2HF3O2.H2O/c35-27-8-10-33-29(17-27)31-12-14-39(33)21-25-2-1-3-26(16-25)22-40-15-13-32(30-18-28(36)9-11-34(30)40)38-20-24-6-4-23(5-7-24)19-37-31;2*3-2(4,5)1(6)7;/h1-18H,19-22,35-36H2;2*(H,6,7);1H2. The molecule has 8 bridgehead atoms. The van der Waals surface area contributed by atoms with E-state index in [9.17, 15) is 26.3 Å². The number of halogens is 6. The Morgan fingerprint density at radius 3 is 1.27 bits per heavy atom. The number of carboxylic acid groups (broad SMARTS) is 2. The van der Waals surface area contributed by atoms with Gasteiger partial charge in [0, 0.05) is 59.9 Å². The molecule has 55 heavy (non-hydrogen) atoms. The van der Waals surface area contributed by atoms with E-state index in [1.165, 1.54) is 22.3 Å². The van der Waals surface area contributed by atoms with Gasteiger partial charge in [-0.05, 0) is 41.5 Å². The molecule has 4 aliphatic heterocycles. The van der Waals surface area contributed by atoms with Crippen LogP contribution in [0, 0.1) is 0 Å². The number of fused-ring (bicyclic) bond motifs is 1. The van der Waals surface area contributed by atoms with Crippen molar-refractivity contribution in [2.45, 2.75) is 38.5 Å². The summed E-state index contributed by atoms with van der Waals surface area (Å²) in [6, 6.07) is 34.2. The number of carbonyl (C=O) groups is 2. The first-order valence-corrected chi connectivity index (χ1v) is 16.1. The summed E-state index contributed by atoms with van der Waals surface area (Å²) in [6.07, 6.45) is -6.06. The Morgan fingerprint density at radius 1 is 0.564 bits per heavy atom. The highest BCUT2D eigenvalue weighted by Crippen LogP contribution is 2.26. The largest absolute Gasteiger partial charge is 0.542 e. The van der Waals surface area contributed by atoms with E-state index in [0.717, 1.165) is 70.7 Å². The number of benzene rings is 4. The first kappa shape index (κ1) is 41.1. The van der Waals surface area contributed by atoms with E-state index < -0.39 is 24.3 Å². The Hall–Kier alpha value is -6.62. The minimum absolute atomic E-state index is 0. The molecule has 2 aromatic heterocycles. The Morgan fingerprint density at radius 2 is 0.927 bits per heavy atom. The minimum Gasteiger partial charge on any atom is -0.542 e. The maximum Gasteiger partial charge on any atom is 0.430 e. The van der Waals surface area contributed by atoms with Gasteiger partial charge in [-0.25, -0.2) is 0 Å². The van der Waals surface area contributed by atoms with Crippen molar-refractivity contribution >= 4 is 56.5 Å². The second-order valence-electron chi connectivity index (χ2n) is 12.2. The van der Waals surface area contributed by atoms with Crippen LogP contribution in [0.5, 0.6) is 0 Å². The number of alkyl halides is 6. The molecule has 6 aromatic rings. The Kier molecular flexibility index (Phi) is 12.7. The van der Waals surface area contributed by atoms with Gasteiger partial charge in [0.15, 0.2) is 25.5 Å².